The van der Waals surface area contributed by atoms with Crippen molar-refractivity contribution in [3.05, 3.63) is 0 Å². The van der Waals surface area contributed by atoms with Gasteiger partial charge in [-0.25, -0.2) is 0 Å². The number of nitrogens with zero attached hydrogens (tertiary/aromatic N) is 3. The van der Waals surface area contributed by atoms with Crippen LogP contribution in [0.4, 0.5) is 5.95 Å². The number of rotatable bonds is 8. The van der Waals surface area contributed by atoms with Crippen LogP contribution in [0.25, 0.3) is 0 Å². The van der Waals surface area contributed by atoms with Gasteiger partial charge >= 0.3 is 6.01 Å². The minimum atomic E-state index is 0.371. The Hall–Kier alpha value is -1.04. The average molecular weight is 270 g/mol. The molecular weight excluding hydrogens is 248 g/mol. The SMILES string of the molecule is CCCNc1nc(OC)nc(SCCC(C)C)n1. The Bertz CT molecular complexity index is 360. The molecule has 0 aliphatic rings. The number of hydrogen-bond acceptors (Lipinski definition) is 6. The van der Waals surface area contributed by atoms with Crippen LogP contribution in [0.3, 0.4) is 0 Å². The van der Waals surface area contributed by atoms with Gasteiger partial charge in [-0.3, -0.25) is 0 Å². The molecule has 0 atom stereocenters. The lowest BCUT2D eigenvalue weighted by Gasteiger charge is -2.07. The molecule has 1 rings (SSSR count). The second-order valence-corrected chi connectivity index (χ2v) is 5.45. The van der Waals surface area contributed by atoms with Gasteiger partial charge in [0.15, 0.2) is 5.16 Å². The number of hydrogen-bond donors (Lipinski definition) is 1. The van der Waals surface area contributed by atoms with Crippen LogP contribution in [0.5, 0.6) is 6.01 Å². The molecule has 5 nitrogen and oxygen atoms in total. The molecule has 1 aromatic rings. The zero-order valence-corrected chi connectivity index (χ0v) is 12.4. The molecule has 0 aliphatic heterocycles. The van der Waals surface area contributed by atoms with Gasteiger partial charge in [-0.05, 0) is 18.8 Å². The molecule has 0 bridgehead atoms. The number of methoxy groups -OCH3 is 1. The third-order valence-corrected chi connectivity index (χ3v) is 3.12. The zero-order chi connectivity index (χ0) is 13.4. The number of ether oxygens (including phenoxy) is 1. The highest BCUT2D eigenvalue weighted by molar-refractivity contribution is 7.99. The molecule has 0 spiro atoms. The Morgan fingerprint density at radius 1 is 1.28 bits per heavy atom. The van der Waals surface area contributed by atoms with Crippen LogP contribution >= 0.6 is 11.8 Å². The summed E-state index contributed by atoms with van der Waals surface area (Å²) < 4.78 is 5.09. The van der Waals surface area contributed by atoms with E-state index in [0.717, 1.165) is 30.3 Å². The van der Waals surface area contributed by atoms with E-state index in [0.29, 0.717) is 17.9 Å². The summed E-state index contributed by atoms with van der Waals surface area (Å²) in [7, 11) is 1.57. The van der Waals surface area contributed by atoms with Gasteiger partial charge in [-0.15, -0.1) is 0 Å². The summed E-state index contributed by atoms with van der Waals surface area (Å²) in [6, 6.07) is 0.371. The molecule has 0 aliphatic carbocycles. The topological polar surface area (TPSA) is 59.9 Å². The van der Waals surface area contributed by atoms with Crippen LogP contribution in [0, 0.1) is 5.92 Å². The fraction of sp³-hybridized carbons (Fsp3) is 0.750. The first kappa shape index (κ1) is 15.0. The van der Waals surface area contributed by atoms with Gasteiger partial charge in [0.25, 0.3) is 0 Å². The van der Waals surface area contributed by atoms with Crippen LogP contribution in [0.15, 0.2) is 5.16 Å². The van der Waals surface area contributed by atoms with E-state index in [1.807, 2.05) is 0 Å². The van der Waals surface area contributed by atoms with Crippen LogP contribution in [0.2, 0.25) is 0 Å². The summed E-state index contributed by atoms with van der Waals surface area (Å²) in [5.41, 5.74) is 0. The van der Waals surface area contributed by atoms with E-state index in [9.17, 15) is 0 Å². The first-order valence-corrected chi connectivity index (χ1v) is 7.31. The lowest BCUT2D eigenvalue weighted by atomic mass is 10.2. The maximum Gasteiger partial charge on any atom is 0.321 e. The molecule has 0 radical (unpaired) electrons. The first-order valence-electron chi connectivity index (χ1n) is 6.32. The minimum absolute atomic E-state index is 0.371. The van der Waals surface area contributed by atoms with Gasteiger partial charge in [0.1, 0.15) is 0 Å². The van der Waals surface area contributed by atoms with Gasteiger partial charge < -0.3 is 10.1 Å². The molecule has 0 saturated carbocycles. The molecule has 0 unspecified atom stereocenters. The molecule has 102 valence electrons. The van der Waals surface area contributed by atoms with Crippen molar-refractivity contribution in [2.24, 2.45) is 5.92 Å². The van der Waals surface area contributed by atoms with E-state index in [-0.39, 0.29) is 0 Å². The molecular formula is C12H22N4OS. The summed E-state index contributed by atoms with van der Waals surface area (Å²) in [4.78, 5) is 12.8. The van der Waals surface area contributed by atoms with Crippen molar-refractivity contribution in [3.8, 4) is 6.01 Å². The number of anilines is 1. The average Bonchev–Trinajstić information content (AvgIpc) is 2.35. The molecule has 0 amide bonds. The fourth-order valence-corrected chi connectivity index (χ4v) is 2.26. The van der Waals surface area contributed by atoms with Crippen molar-refractivity contribution >= 4 is 17.7 Å². The number of aromatic nitrogens is 3. The van der Waals surface area contributed by atoms with Crippen LogP contribution in [0.1, 0.15) is 33.6 Å². The number of thioether (sulfide) groups is 1. The van der Waals surface area contributed by atoms with E-state index in [1.165, 1.54) is 0 Å². The van der Waals surface area contributed by atoms with Gasteiger partial charge in [-0.1, -0.05) is 32.5 Å². The van der Waals surface area contributed by atoms with Crippen molar-refractivity contribution in [3.63, 3.8) is 0 Å². The highest BCUT2D eigenvalue weighted by Gasteiger charge is 2.07. The Morgan fingerprint density at radius 2 is 2.06 bits per heavy atom. The maximum absolute atomic E-state index is 5.09. The third kappa shape index (κ3) is 5.53. The summed E-state index contributed by atoms with van der Waals surface area (Å²) in [6.07, 6.45) is 2.18. The largest absolute Gasteiger partial charge is 0.467 e. The van der Waals surface area contributed by atoms with Crippen molar-refractivity contribution in [2.75, 3.05) is 24.7 Å². The van der Waals surface area contributed by atoms with E-state index in [4.69, 9.17) is 4.74 Å². The van der Waals surface area contributed by atoms with Gasteiger partial charge in [0.05, 0.1) is 7.11 Å². The van der Waals surface area contributed by atoms with Crippen LogP contribution in [-0.2, 0) is 0 Å². The smallest absolute Gasteiger partial charge is 0.321 e. The standard InChI is InChI=1S/C12H22N4OS/c1-5-7-13-10-14-11(17-4)16-12(15-10)18-8-6-9(2)3/h9H,5-8H2,1-4H3,(H,13,14,15,16). The Morgan fingerprint density at radius 3 is 2.67 bits per heavy atom. The van der Waals surface area contributed by atoms with E-state index in [1.54, 1.807) is 18.9 Å². The predicted octanol–water partition coefficient (Wildman–Crippen LogP) is 2.84. The van der Waals surface area contributed by atoms with Gasteiger partial charge in [0.2, 0.25) is 5.95 Å². The van der Waals surface area contributed by atoms with Crippen molar-refractivity contribution in [2.45, 2.75) is 38.8 Å². The molecule has 6 heteroatoms. The predicted molar refractivity (Wildman–Crippen MR) is 75.3 cm³/mol. The minimum Gasteiger partial charge on any atom is -0.467 e. The fourth-order valence-electron chi connectivity index (χ4n) is 1.20. The second kappa shape index (κ2) is 8.13. The monoisotopic (exact) mass is 270 g/mol. The Labute approximate surface area is 113 Å². The summed E-state index contributed by atoms with van der Waals surface area (Å²) in [6.45, 7) is 7.37. The van der Waals surface area contributed by atoms with Crippen molar-refractivity contribution in [1.29, 1.82) is 0 Å². The summed E-state index contributed by atoms with van der Waals surface area (Å²) in [5, 5.41) is 3.88. The molecule has 0 fully saturated rings. The van der Waals surface area contributed by atoms with E-state index in [2.05, 4.69) is 41.0 Å². The highest BCUT2D eigenvalue weighted by atomic mass is 32.2. The molecule has 0 aromatic carbocycles. The first-order chi connectivity index (χ1) is 8.65. The van der Waals surface area contributed by atoms with Crippen molar-refractivity contribution < 1.29 is 4.74 Å². The van der Waals surface area contributed by atoms with Gasteiger partial charge in [0, 0.05) is 12.3 Å². The van der Waals surface area contributed by atoms with Crippen molar-refractivity contribution in [1.82, 2.24) is 15.0 Å². The van der Waals surface area contributed by atoms with E-state index < -0.39 is 0 Å². The molecule has 1 N–H and O–H groups in total. The third-order valence-electron chi connectivity index (χ3n) is 2.24. The maximum atomic E-state index is 5.09. The Balaban J connectivity index is 2.64. The quantitative estimate of drug-likeness (QED) is 0.733. The molecule has 18 heavy (non-hydrogen) atoms. The zero-order valence-electron chi connectivity index (χ0n) is 11.6. The summed E-state index contributed by atoms with van der Waals surface area (Å²) >= 11 is 1.64. The highest BCUT2D eigenvalue weighted by Crippen LogP contribution is 2.19. The lowest BCUT2D eigenvalue weighted by molar-refractivity contribution is 0.373. The number of nitrogens with one attached hydrogen (secondary N) is 1. The molecule has 0 saturated heterocycles. The molecule has 1 aromatic heterocycles. The van der Waals surface area contributed by atoms with Crippen LogP contribution < -0.4 is 10.1 Å². The molecule has 1 heterocycles. The second-order valence-electron chi connectivity index (χ2n) is 4.39. The summed E-state index contributed by atoms with van der Waals surface area (Å²) in [5.74, 6) is 2.30. The van der Waals surface area contributed by atoms with Gasteiger partial charge in [-0.2, -0.15) is 15.0 Å². The lowest BCUT2D eigenvalue weighted by Crippen LogP contribution is -2.07. The van der Waals surface area contributed by atoms with E-state index >= 15 is 0 Å². The van der Waals surface area contributed by atoms with Crippen LogP contribution in [-0.4, -0.2) is 34.4 Å². The normalized spacial score (nSPS) is 10.7. The Kier molecular flexibility index (Phi) is 6.78.